The molecule has 134 valence electrons. The van der Waals surface area contributed by atoms with Crippen LogP contribution in [0.15, 0.2) is 67.4 Å². The van der Waals surface area contributed by atoms with E-state index >= 15 is 0 Å². The summed E-state index contributed by atoms with van der Waals surface area (Å²) in [6.07, 6.45) is 9.63. The lowest BCUT2D eigenvalue weighted by molar-refractivity contribution is -0.122. The largest absolute Gasteiger partial charge is 0.352 e. The molecule has 0 fully saturated rings. The van der Waals surface area contributed by atoms with E-state index in [-0.39, 0.29) is 5.91 Å². The molecule has 1 N–H and O–H groups in total. The fraction of sp³-hybridized carbons (Fsp3) is 0.286. The molecule has 0 saturated carbocycles. The monoisotopic (exact) mass is 348 g/mol. The van der Waals surface area contributed by atoms with Crippen LogP contribution < -0.4 is 5.32 Å². The summed E-state index contributed by atoms with van der Waals surface area (Å²) in [7, 11) is 0. The SMILES string of the molecule is C[C@H](CCc1ccccc1)CC(=O)NCc1ccc(-n2ccnc2)nc1. The fourth-order valence-electron chi connectivity index (χ4n) is 2.82. The molecule has 3 aromatic rings. The number of imidazole rings is 1. The van der Waals surface area contributed by atoms with Gasteiger partial charge in [0.25, 0.3) is 0 Å². The van der Waals surface area contributed by atoms with Crippen LogP contribution in [0.1, 0.15) is 30.9 Å². The summed E-state index contributed by atoms with van der Waals surface area (Å²) in [6.45, 7) is 2.63. The van der Waals surface area contributed by atoms with Crippen molar-refractivity contribution in [2.24, 2.45) is 5.92 Å². The Bertz CT molecular complexity index is 798. The highest BCUT2D eigenvalue weighted by atomic mass is 16.1. The van der Waals surface area contributed by atoms with Crippen LogP contribution >= 0.6 is 0 Å². The Morgan fingerprint density at radius 2 is 2.00 bits per heavy atom. The Morgan fingerprint density at radius 1 is 1.15 bits per heavy atom. The number of nitrogens with zero attached hydrogens (tertiary/aromatic N) is 3. The van der Waals surface area contributed by atoms with Gasteiger partial charge in [0.15, 0.2) is 0 Å². The summed E-state index contributed by atoms with van der Waals surface area (Å²) >= 11 is 0. The molecule has 1 atom stereocenters. The van der Waals surface area contributed by atoms with Gasteiger partial charge in [0, 0.05) is 31.6 Å². The molecule has 5 heteroatoms. The molecule has 0 aliphatic carbocycles. The predicted molar refractivity (Wildman–Crippen MR) is 102 cm³/mol. The zero-order valence-electron chi connectivity index (χ0n) is 15.0. The highest BCUT2D eigenvalue weighted by molar-refractivity contribution is 5.76. The van der Waals surface area contributed by atoms with Gasteiger partial charge in [0.2, 0.25) is 5.91 Å². The molecule has 0 aliphatic rings. The van der Waals surface area contributed by atoms with Gasteiger partial charge in [0.1, 0.15) is 12.1 Å². The predicted octanol–water partition coefficient (Wildman–Crippen LogP) is 3.54. The Hall–Kier alpha value is -2.95. The van der Waals surface area contributed by atoms with Crippen LogP contribution in [0.3, 0.4) is 0 Å². The first kappa shape index (κ1) is 17.9. The third-order valence-electron chi connectivity index (χ3n) is 4.37. The molecular weight excluding hydrogens is 324 g/mol. The van der Waals surface area contributed by atoms with Gasteiger partial charge in [-0.3, -0.25) is 9.36 Å². The number of nitrogens with one attached hydrogen (secondary N) is 1. The number of benzene rings is 1. The molecule has 0 radical (unpaired) electrons. The van der Waals surface area contributed by atoms with Crippen LogP contribution in [-0.4, -0.2) is 20.4 Å². The minimum atomic E-state index is 0.0873. The van der Waals surface area contributed by atoms with Gasteiger partial charge in [-0.05, 0) is 36.0 Å². The number of amides is 1. The smallest absolute Gasteiger partial charge is 0.220 e. The van der Waals surface area contributed by atoms with Gasteiger partial charge in [-0.15, -0.1) is 0 Å². The topological polar surface area (TPSA) is 59.8 Å². The second-order valence-electron chi connectivity index (χ2n) is 6.60. The molecule has 26 heavy (non-hydrogen) atoms. The average molecular weight is 348 g/mol. The van der Waals surface area contributed by atoms with Crippen molar-refractivity contribution in [3.05, 3.63) is 78.5 Å². The maximum Gasteiger partial charge on any atom is 0.220 e. The van der Waals surface area contributed by atoms with Crippen molar-refractivity contribution in [2.45, 2.75) is 32.7 Å². The van der Waals surface area contributed by atoms with Crippen molar-refractivity contribution < 1.29 is 4.79 Å². The summed E-state index contributed by atoms with van der Waals surface area (Å²) in [5.41, 5.74) is 2.31. The number of hydrogen-bond donors (Lipinski definition) is 1. The van der Waals surface area contributed by atoms with Crippen molar-refractivity contribution in [1.29, 1.82) is 0 Å². The molecule has 1 amide bonds. The standard InChI is InChI=1S/C21H24N4O/c1-17(7-8-18-5-3-2-4-6-18)13-21(26)24-15-19-9-10-20(23-14-19)25-12-11-22-16-25/h2-6,9-12,14,16-17H,7-8,13,15H2,1H3,(H,24,26)/t17-/m1/s1. The van der Waals surface area contributed by atoms with E-state index in [1.165, 1.54) is 5.56 Å². The molecular formula is C21H24N4O. The van der Waals surface area contributed by atoms with Gasteiger partial charge in [0.05, 0.1) is 0 Å². The van der Waals surface area contributed by atoms with Crippen LogP contribution in [0.2, 0.25) is 0 Å². The van der Waals surface area contributed by atoms with Crippen molar-refractivity contribution in [3.8, 4) is 5.82 Å². The minimum Gasteiger partial charge on any atom is -0.352 e. The van der Waals surface area contributed by atoms with Crippen LogP contribution in [0, 0.1) is 5.92 Å². The van der Waals surface area contributed by atoms with Gasteiger partial charge in [-0.1, -0.05) is 43.3 Å². The lowest BCUT2D eigenvalue weighted by atomic mass is 9.98. The summed E-state index contributed by atoms with van der Waals surface area (Å²) < 4.78 is 1.84. The molecule has 0 bridgehead atoms. The van der Waals surface area contributed by atoms with Gasteiger partial charge in [-0.2, -0.15) is 0 Å². The van der Waals surface area contributed by atoms with Gasteiger partial charge >= 0.3 is 0 Å². The van der Waals surface area contributed by atoms with Crippen LogP contribution in [-0.2, 0) is 17.8 Å². The molecule has 2 aromatic heterocycles. The van der Waals surface area contributed by atoms with Crippen molar-refractivity contribution in [3.63, 3.8) is 0 Å². The van der Waals surface area contributed by atoms with Crippen LogP contribution in [0.5, 0.6) is 0 Å². The molecule has 0 unspecified atom stereocenters. The minimum absolute atomic E-state index is 0.0873. The third kappa shape index (κ3) is 5.28. The number of aryl methyl sites for hydroxylation is 1. The van der Waals surface area contributed by atoms with Crippen molar-refractivity contribution in [2.75, 3.05) is 0 Å². The molecule has 0 saturated heterocycles. The van der Waals surface area contributed by atoms with E-state index in [0.717, 1.165) is 24.2 Å². The average Bonchev–Trinajstić information content (AvgIpc) is 3.21. The van der Waals surface area contributed by atoms with E-state index in [0.29, 0.717) is 18.9 Å². The first-order valence-corrected chi connectivity index (χ1v) is 8.94. The van der Waals surface area contributed by atoms with Crippen LogP contribution in [0.4, 0.5) is 0 Å². The highest BCUT2D eigenvalue weighted by Crippen LogP contribution is 2.13. The third-order valence-corrected chi connectivity index (χ3v) is 4.37. The lowest BCUT2D eigenvalue weighted by Crippen LogP contribution is -2.24. The number of rotatable bonds is 8. The second kappa shape index (κ2) is 8.94. The first-order valence-electron chi connectivity index (χ1n) is 8.94. The van der Waals surface area contributed by atoms with Gasteiger partial charge in [-0.25, -0.2) is 9.97 Å². The second-order valence-corrected chi connectivity index (χ2v) is 6.60. The molecule has 0 spiro atoms. The molecule has 3 rings (SSSR count). The maximum absolute atomic E-state index is 12.1. The maximum atomic E-state index is 12.1. The van der Waals surface area contributed by atoms with E-state index in [9.17, 15) is 4.79 Å². The normalized spacial score (nSPS) is 11.9. The summed E-state index contributed by atoms with van der Waals surface area (Å²) in [4.78, 5) is 20.6. The molecule has 0 aliphatic heterocycles. The highest BCUT2D eigenvalue weighted by Gasteiger charge is 2.09. The van der Waals surface area contributed by atoms with E-state index in [2.05, 4.69) is 46.5 Å². The van der Waals surface area contributed by atoms with E-state index in [1.807, 2.05) is 29.0 Å². The Labute approximate surface area is 154 Å². The number of hydrogen-bond acceptors (Lipinski definition) is 3. The van der Waals surface area contributed by atoms with Crippen molar-refractivity contribution in [1.82, 2.24) is 19.9 Å². The summed E-state index contributed by atoms with van der Waals surface area (Å²) in [5.74, 6) is 1.26. The Balaban J connectivity index is 1.40. The van der Waals surface area contributed by atoms with Gasteiger partial charge < -0.3 is 5.32 Å². The number of carbonyl (C=O) groups is 1. The molecule has 1 aromatic carbocycles. The quantitative estimate of drug-likeness (QED) is 0.677. The number of pyridine rings is 1. The lowest BCUT2D eigenvalue weighted by Gasteiger charge is -2.12. The first-order chi connectivity index (χ1) is 12.7. The van der Waals surface area contributed by atoms with E-state index in [1.54, 1.807) is 18.7 Å². The van der Waals surface area contributed by atoms with Crippen molar-refractivity contribution >= 4 is 5.91 Å². The number of aromatic nitrogens is 3. The molecule has 5 nitrogen and oxygen atoms in total. The fourth-order valence-corrected chi connectivity index (χ4v) is 2.82. The molecule has 2 heterocycles. The summed E-state index contributed by atoms with van der Waals surface area (Å²) in [6, 6.07) is 14.3. The Kier molecular flexibility index (Phi) is 6.14. The van der Waals surface area contributed by atoms with Crippen LogP contribution in [0.25, 0.3) is 5.82 Å². The van der Waals surface area contributed by atoms with E-state index < -0.39 is 0 Å². The summed E-state index contributed by atoms with van der Waals surface area (Å²) in [5, 5.41) is 2.98. The number of carbonyl (C=O) groups excluding carboxylic acids is 1. The Morgan fingerprint density at radius 3 is 2.69 bits per heavy atom. The van der Waals surface area contributed by atoms with E-state index in [4.69, 9.17) is 0 Å². The zero-order chi connectivity index (χ0) is 18.2. The zero-order valence-corrected chi connectivity index (χ0v) is 15.0.